The summed E-state index contributed by atoms with van der Waals surface area (Å²) in [4.78, 5) is 28.7. The lowest BCUT2D eigenvalue weighted by Crippen LogP contribution is -2.48. The number of hydrogen-bond donors (Lipinski definition) is 1. The van der Waals surface area contributed by atoms with Crippen molar-refractivity contribution in [3.63, 3.8) is 0 Å². The lowest BCUT2D eigenvalue weighted by atomic mass is 10.0. The molecule has 0 aliphatic carbocycles. The Bertz CT molecular complexity index is 370. The zero-order valence-corrected chi connectivity index (χ0v) is 14.0. The van der Waals surface area contributed by atoms with Crippen molar-refractivity contribution in [1.82, 2.24) is 15.1 Å². The molecule has 1 atom stereocenters. The molecule has 0 saturated carbocycles. The van der Waals surface area contributed by atoms with Gasteiger partial charge in [-0.05, 0) is 12.3 Å². The Labute approximate surface area is 131 Å². The van der Waals surface area contributed by atoms with Crippen molar-refractivity contribution in [2.24, 2.45) is 5.92 Å². The maximum atomic E-state index is 12.6. The second-order valence-electron chi connectivity index (χ2n) is 6.28. The minimum atomic E-state index is -0.336. The van der Waals surface area contributed by atoms with Gasteiger partial charge in [0.05, 0.1) is 0 Å². The molecule has 2 saturated heterocycles. The number of rotatable bonds is 5. The molecule has 2 fully saturated rings. The Kier molecular flexibility index (Phi) is 6.36. The highest BCUT2D eigenvalue weighted by atomic mass is 32.2. The molecule has 2 aliphatic heterocycles. The molecule has 0 bridgehead atoms. The molecule has 0 spiro atoms. The van der Waals surface area contributed by atoms with Gasteiger partial charge >= 0.3 is 0 Å². The van der Waals surface area contributed by atoms with Crippen LogP contribution < -0.4 is 5.32 Å². The van der Waals surface area contributed by atoms with Crippen LogP contribution >= 0.6 is 11.8 Å². The highest BCUT2D eigenvalue weighted by Gasteiger charge is 2.30. The van der Waals surface area contributed by atoms with Crippen LogP contribution in [0.4, 0.5) is 0 Å². The van der Waals surface area contributed by atoms with Crippen LogP contribution in [0.25, 0.3) is 0 Å². The quantitative estimate of drug-likeness (QED) is 0.816. The standard InChI is InChI=1S/C15H27N3O2S/c1-12(2)11-13-15(20)18(4-3-14(19)16-13)6-5-17-7-9-21-10-8-17/h12-13H,3-11H2,1-2H3,(H,16,19). The van der Waals surface area contributed by atoms with Crippen molar-refractivity contribution in [2.75, 3.05) is 44.2 Å². The summed E-state index contributed by atoms with van der Waals surface area (Å²) in [5.41, 5.74) is 0. The van der Waals surface area contributed by atoms with Gasteiger partial charge in [-0.1, -0.05) is 13.8 Å². The second-order valence-corrected chi connectivity index (χ2v) is 7.50. The molecule has 0 aromatic heterocycles. The molecule has 120 valence electrons. The molecule has 2 amide bonds. The van der Waals surface area contributed by atoms with Crippen molar-refractivity contribution >= 4 is 23.6 Å². The second kappa shape index (κ2) is 8.03. The molecule has 0 aromatic rings. The highest BCUT2D eigenvalue weighted by Crippen LogP contribution is 2.13. The lowest BCUT2D eigenvalue weighted by molar-refractivity contribution is -0.134. The van der Waals surface area contributed by atoms with Crippen molar-refractivity contribution < 1.29 is 9.59 Å². The minimum Gasteiger partial charge on any atom is -0.344 e. The normalized spacial score (nSPS) is 25.1. The molecule has 0 radical (unpaired) electrons. The Morgan fingerprint density at radius 2 is 1.90 bits per heavy atom. The van der Waals surface area contributed by atoms with E-state index in [0.717, 1.165) is 32.6 Å². The third-order valence-corrected chi connectivity index (χ3v) is 4.99. The van der Waals surface area contributed by atoms with Crippen LogP contribution in [0.2, 0.25) is 0 Å². The minimum absolute atomic E-state index is 0.00544. The molecule has 21 heavy (non-hydrogen) atoms. The molecule has 0 aromatic carbocycles. The van der Waals surface area contributed by atoms with E-state index in [2.05, 4.69) is 24.1 Å². The Hall–Kier alpha value is -0.750. The number of amides is 2. The smallest absolute Gasteiger partial charge is 0.245 e. The van der Waals surface area contributed by atoms with Gasteiger partial charge in [0, 0.05) is 50.7 Å². The Morgan fingerprint density at radius 3 is 2.57 bits per heavy atom. The van der Waals surface area contributed by atoms with E-state index >= 15 is 0 Å². The van der Waals surface area contributed by atoms with Gasteiger partial charge in [-0.3, -0.25) is 14.5 Å². The van der Waals surface area contributed by atoms with Crippen LogP contribution in [0, 0.1) is 5.92 Å². The van der Waals surface area contributed by atoms with E-state index in [4.69, 9.17) is 0 Å². The van der Waals surface area contributed by atoms with Gasteiger partial charge in [0.1, 0.15) is 6.04 Å². The summed E-state index contributed by atoms with van der Waals surface area (Å²) in [6.07, 6.45) is 1.15. The number of nitrogens with one attached hydrogen (secondary N) is 1. The molecule has 5 nitrogen and oxygen atoms in total. The molecule has 2 aliphatic rings. The summed E-state index contributed by atoms with van der Waals surface area (Å²) in [5.74, 6) is 2.87. The molecule has 6 heteroatoms. The van der Waals surface area contributed by atoms with Crippen molar-refractivity contribution in [1.29, 1.82) is 0 Å². The van der Waals surface area contributed by atoms with Crippen LogP contribution in [-0.2, 0) is 9.59 Å². The van der Waals surface area contributed by atoms with Crippen LogP contribution in [0.1, 0.15) is 26.7 Å². The first-order chi connectivity index (χ1) is 10.1. The molecule has 1 unspecified atom stereocenters. The van der Waals surface area contributed by atoms with Crippen molar-refractivity contribution in [3.05, 3.63) is 0 Å². The average Bonchev–Trinajstić information content (AvgIpc) is 2.58. The van der Waals surface area contributed by atoms with E-state index in [1.807, 2.05) is 16.7 Å². The highest BCUT2D eigenvalue weighted by molar-refractivity contribution is 7.99. The third-order valence-electron chi connectivity index (χ3n) is 4.05. The number of nitrogens with zero attached hydrogens (tertiary/aromatic N) is 2. The summed E-state index contributed by atoms with van der Waals surface area (Å²) < 4.78 is 0. The number of carbonyl (C=O) groups is 2. The monoisotopic (exact) mass is 313 g/mol. The van der Waals surface area contributed by atoms with E-state index in [9.17, 15) is 9.59 Å². The molecular formula is C15H27N3O2S. The van der Waals surface area contributed by atoms with Gasteiger partial charge in [-0.15, -0.1) is 0 Å². The zero-order valence-electron chi connectivity index (χ0n) is 13.1. The maximum absolute atomic E-state index is 12.6. The van der Waals surface area contributed by atoms with Gasteiger partial charge in [0.15, 0.2) is 0 Å². The van der Waals surface area contributed by atoms with E-state index in [1.165, 1.54) is 11.5 Å². The van der Waals surface area contributed by atoms with Crippen molar-refractivity contribution in [2.45, 2.75) is 32.7 Å². The predicted octanol–water partition coefficient (Wildman–Crippen LogP) is 0.798. The predicted molar refractivity (Wildman–Crippen MR) is 86.3 cm³/mol. The topological polar surface area (TPSA) is 52.7 Å². The fourth-order valence-corrected chi connectivity index (χ4v) is 3.81. The molecule has 2 heterocycles. The fraction of sp³-hybridized carbons (Fsp3) is 0.867. The third kappa shape index (κ3) is 5.18. The van der Waals surface area contributed by atoms with Crippen LogP contribution in [0.15, 0.2) is 0 Å². The SMILES string of the molecule is CC(C)CC1NC(=O)CCN(CCN2CCSCC2)C1=O. The first-order valence-electron chi connectivity index (χ1n) is 7.94. The Balaban J connectivity index is 1.90. The van der Waals surface area contributed by atoms with Gasteiger partial charge in [0.25, 0.3) is 0 Å². The average molecular weight is 313 g/mol. The Morgan fingerprint density at radius 1 is 1.19 bits per heavy atom. The van der Waals surface area contributed by atoms with Gasteiger partial charge in [-0.25, -0.2) is 0 Å². The van der Waals surface area contributed by atoms with Crippen LogP contribution in [0.5, 0.6) is 0 Å². The summed E-state index contributed by atoms with van der Waals surface area (Å²) >= 11 is 1.99. The molecule has 2 rings (SSSR count). The number of hydrogen-bond acceptors (Lipinski definition) is 4. The molecule has 1 N–H and O–H groups in total. The zero-order chi connectivity index (χ0) is 15.2. The summed E-state index contributed by atoms with van der Waals surface area (Å²) in [7, 11) is 0. The summed E-state index contributed by atoms with van der Waals surface area (Å²) in [5, 5.41) is 2.88. The van der Waals surface area contributed by atoms with Crippen LogP contribution in [-0.4, -0.2) is 71.9 Å². The number of thioether (sulfide) groups is 1. The molecular weight excluding hydrogens is 286 g/mol. The summed E-state index contributed by atoms with van der Waals surface area (Å²) in [6.45, 7) is 8.61. The van der Waals surface area contributed by atoms with Gasteiger partial charge in [0.2, 0.25) is 11.8 Å². The number of carbonyl (C=O) groups excluding carboxylic acids is 2. The largest absolute Gasteiger partial charge is 0.344 e. The van der Waals surface area contributed by atoms with E-state index in [0.29, 0.717) is 18.9 Å². The van der Waals surface area contributed by atoms with Gasteiger partial charge < -0.3 is 10.2 Å². The van der Waals surface area contributed by atoms with E-state index in [-0.39, 0.29) is 17.9 Å². The van der Waals surface area contributed by atoms with E-state index in [1.54, 1.807) is 0 Å². The fourth-order valence-electron chi connectivity index (χ4n) is 2.84. The first kappa shape index (κ1) is 16.6. The lowest BCUT2D eigenvalue weighted by Gasteiger charge is -2.30. The van der Waals surface area contributed by atoms with Gasteiger partial charge in [-0.2, -0.15) is 11.8 Å². The van der Waals surface area contributed by atoms with E-state index < -0.39 is 0 Å². The summed E-state index contributed by atoms with van der Waals surface area (Å²) in [6, 6.07) is -0.336. The maximum Gasteiger partial charge on any atom is 0.245 e. The first-order valence-corrected chi connectivity index (χ1v) is 9.10. The van der Waals surface area contributed by atoms with Crippen molar-refractivity contribution in [3.8, 4) is 0 Å². The van der Waals surface area contributed by atoms with Crippen LogP contribution in [0.3, 0.4) is 0 Å².